The Morgan fingerprint density at radius 3 is 2.67 bits per heavy atom. The normalized spacial score (nSPS) is 24.4. The van der Waals surface area contributed by atoms with Gasteiger partial charge < -0.3 is 15.0 Å². The Bertz CT molecular complexity index is 256. The van der Waals surface area contributed by atoms with Gasteiger partial charge in [-0.05, 0) is 31.7 Å². The summed E-state index contributed by atoms with van der Waals surface area (Å²) in [5.74, 6) is 1.23. The van der Waals surface area contributed by atoms with Crippen LogP contribution in [0.4, 0.5) is 4.79 Å². The van der Waals surface area contributed by atoms with Gasteiger partial charge in [-0.1, -0.05) is 27.2 Å². The number of hydrogen-bond donors (Lipinski definition) is 1. The molecular formula is C14H28N2O2. The molecule has 0 bridgehead atoms. The van der Waals surface area contributed by atoms with E-state index in [2.05, 4.69) is 26.1 Å². The highest BCUT2D eigenvalue weighted by atomic mass is 16.6. The molecule has 0 aromatic heterocycles. The van der Waals surface area contributed by atoms with Crippen LogP contribution in [0.25, 0.3) is 0 Å². The first-order valence-corrected chi connectivity index (χ1v) is 7.21. The van der Waals surface area contributed by atoms with Crippen molar-refractivity contribution >= 4 is 6.09 Å². The molecule has 0 spiro atoms. The van der Waals surface area contributed by atoms with Gasteiger partial charge in [-0.25, -0.2) is 4.79 Å². The van der Waals surface area contributed by atoms with Crippen LogP contribution in [-0.4, -0.2) is 43.3 Å². The summed E-state index contributed by atoms with van der Waals surface area (Å²) in [6.07, 6.45) is 2.13. The number of nitrogens with zero attached hydrogens (tertiary/aromatic N) is 1. The predicted octanol–water partition coefficient (Wildman–Crippen LogP) is 2.49. The van der Waals surface area contributed by atoms with Gasteiger partial charge in [0.15, 0.2) is 0 Å². The SMILES string of the molecule is CCOC(=O)N1CC(CC)CC(NCC(C)C)C1. The number of piperidine rings is 1. The second-order valence-electron chi connectivity index (χ2n) is 5.61. The van der Waals surface area contributed by atoms with Crippen molar-refractivity contribution in [1.29, 1.82) is 0 Å². The van der Waals surface area contributed by atoms with Crippen LogP contribution in [0, 0.1) is 11.8 Å². The zero-order chi connectivity index (χ0) is 13.5. The Balaban J connectivity index is 2.51. The quantitative estimate of drug-likeness (QED) is 0.821. The zero-order valence-electron chi connectivity index (χ0n) is 12.2. The predicted molar refractivity (Wildman–Crippen MR) is 73.6 cm³/mol. The van der Waals surface area contributed by atoms with Gasteiger partial charge in [0.05, 0.1) is 6.61 Å². The van der Waals surface area contributed by atoms with Crippen LogP contribution in [0.2, 0.25) is 0 Å². The molecule has 4 nitrogen and oxygen atoms in total. The lowest BCUT2D eigenvalue weighted by atomic mass is 9.92. The topological polar surface area (TPSA) is 41.6 Å². The average Bonchev–Trinajstić information content (AvgIpc) is 2.36. The fourth-order valence-corrected chi connectivity index (χ4v) is 2.41. The third-order valence-corrected chi connectivity index (χ3v) is 3.46. The largest absolute Gasteiger partial charge is 0.450 e. The maximum atomic E-state index is 11.8. The number of rotatable bonds is 5. The van der Waals surface area contributed by atoms with Gasteiger partial charge in [0.2, 0.25) is 0 Å². The summed E-state index contributed by atoms with van der Waals surface area (Å²) in [7, 11) is 0. The zero-order valence-corrected chi connectivity index (χ0v) is 12.2. The summed E-state index contributed by atoms with van der Waals surface area (Å²) in [4.78, 5) is 13.7. The van der Waals surface area contributed by atoms with Crippen molar-refractivity contribution in [3.63, 3.8) is 0 Å². The Hall–Kier alpha value is -0.770. The molecule has 1 heterocycles. The van der Waals surface area contributed by atoms with Crippen LogP contribution < -0.4 is 5.32 Å². The number of carbonyl (C=O) groups is 1. The molecule has 0 saturated carbocycles. The summed E-state index contributed by atoms with van der Waals surface area (Å²) in [5.41, 5.74) is 0. The molecule has 1 saturated heterocycles. The molecule has 0 aromatic rings. The molecule has 0 aliphatic carbocycles. The maximum absolute atomic E-state index is 11.8. The molecule has 2 unspecified atom stereocenters. The van der Waals surface area contributed by atoms with Gasteiger partial charge in [0, 0.05) is 19.1 Å². The van der Waals surface area contributed by atoms with Crippen LogP contribution in [0.15, 0.2) is 0 Å². The molecular weight excluding hydrogens is 228 g/mol. The van der Waals surface area contributed by atoms with E-state index in [0.29, 0.717) is 24.5 Å². The highest BCUT2D eigenvalue weighted by molar-refractivity contribution is 5.67. The Kier molecular flexibility index (Phi) is 6.47. The number of likely N-dealkylation sites (tertiary alicyclic amines) is 1. The average molecular weight is 256 g/mol. The van der Waals surface area contributed by atoms with E-state index in [1.54, 1.807) is 0 Å². The Morgan fingerprint density at radius 2 is 2.11 bits per heavy atom. The van der Waals surface area contributed by atoms with E-state index in [-0.39, 0.29) is 6.09 Å². The number of hydrogen-bond acceptors (Lipinski definition) is 3. The molecule has 1 amide bonds. The Labute approximate surface area is 111 Å². The molecule has 4 heteroatoms. The van der Waals surface area contributed by atoms with E-state index < -0.39 is 0 Å². The lowest BCUT2D eigenvalue weighted by Crippen LogP contribution is -2.51. The van der Waals surface area contributed by atoms with Crippen molar-refractivity contribution in [1.82, 2.24) is 10.2 Å². The second kappa shape index (κ2) is 7.62. The highest BCUT2D eigenvalue weighted by Crippen LogP contribution is 2.20. The second-order valence-corrected chi connectivity index (χ2v) is 5.61. The van der Waals surface area contributed by atoms with Crippen LogP contribution >= 0.6 is 0 Å². The van der Waals surface area contributed by atoms with Gasteiger partial charge in [0.25, 0.3) is 0 Å². The van der Waals surface area contributed by atoms with Gasteiger partial charge in [-0.2, -0.15) is 0 Å². The number of amides is 1. The van der Waals surface area contributed by atoms with Gasteiger partial charge in [-0.3, -0.25) is 0 Å². The standard InChI is InChI=1S/C14H28N2O2/c1-5-12-7-13(15-8-11(3)4)10-16(9-12)14(17)18-6-2/h11-13,15H,5-10H2,1-4H3. The van der Waals surface area contributed by atoms with Gasteiger partial charge in [0.1, 0.15) is 0 Å². The minimum Gasteiger partial charge on any atom is -0.450 e. The third-order valence-electron chi connectivity index (χ3n) is 3.46. The molecule has 1 aliphatic heterocycles. The van der Waals surface area contributed by atoms with Crippen molar-refractivity contribution in [2.24, 2.45) is 11.8 Å². The first-order chi connectivity index (χ1) is 8.56. The van der Waals surface area contributed by atoms with E-state index in [9.17, 15) is 4.79 Å². The molecule has 1 fully saturated rings. The molecule has 18 heavy (non-hydrogen) atoms. The van der Waals surface area contributed by atoms with Crippen molar-refractivity contribution in [2.45, 2.75) is 46.6 Å². The molecule has 2 atom stereocenters. The van der Waals surface area contributed by atoms with Crippen LogP contribution in [-0.2, 0) is 4.74 Å². The maximum Gasteiger partial charge on any atom is 0.409 e. The molecule has 0 aromatic carbocycles. The van der Waals surface area contributed by atoms with Gasteiger partial charge in [-0.15, -0.1) is 0 Å². The fraction of sp³-hybridized carbons (Fsp3) is 0.929. The van der Waals surface area contributed by atoms with Crippen molar-refractivity contribution in [2.75, 3.05) is 26.2 Å². The van der Waals surface area contributed by atoms with Crippen molar-refractivity contribution in [3.8, 4) is 0 Å². The molecule has 106 valence electrons. The first kappa shape index (κ1) is 15.3. The number of nitrogens with one attached hydrogen (secondary N) is 1. The van der Waals surface area contributed by atoms with E-state index in [4.69, 9.17) is 4.74 Å². The van der Waals surface area contributed by atoms with E-state index in [1.165, 1.54) is 6.42 Å². The minimum atomic E-state index is -0.160. The molecule has 1 aliphatic rings. The molecule has 0 radical (unpaired) electrons. The van der Waals surface area contributed by atoms with Crippen LogP contribution in [0.1, 0.15) is 40.5 Å². The summed E-state index contributed by atoms with van der Waals surface area (Å²) >= 11 is 0. The first-order valence-electron chi connectivity index (χ1n) is 7.21. The third kappa shape index (κ3) is 4.84. The van der Waals surface area contributed by atoms with E-state index >= 15 is 0 Å². The monoisotopic (exact) mass is 256 g/mol. The molecule has 1 N–H and O–H groups in total. The minimum absolute atomic E-state index is 0.160. The number of ether oxygens (including phenoxy) is 1. The van der Waals surface area contributed by atoms with Crippen LogP contribution in [0.5, 0.6) is 0 Å². The van der Waals surface area contributed by atoms with Crippen molar-refractivity contribution in [3.05, 3.63) is 0 Å². The summed E-state index contributed by atoms with van der Waals surface area (Å²) in [6, 6.07) is 0.413. The summed E-state index contributed by atoms with van der Waals surface area (Å²) in [6.45, 7) is 11.5. The summed E-state index contributed by atoms with van der Waals surface area (Å²) < 4.78 is 5.11. The van der Waals surface area contributed by atoms with Crippen molar-refractivity contribution < 1.29 is 9.53 Å². The summed E-state index contributed by atoms with van der Waals surface area (Å²) in [5, 5.41) is 3.56. The van der Waals surface area contributed by atoms with Gasteiger partial charge >= 0.3 is 6.09 Å². The Morgan fingerprint density at radius 1 is 1.39 bits per heavy atom. The van der Waals surface area contributed by atoms with E-state index in [0.717, 1.165) is 26.1 Å². The fourth-order valence-electron chi connectivity index (χ4n) is 2.41. The smallest absolute Gasteiger partial charge is 0.409 e. The number of carbonyl (C=O) groups excluding carboxylic acids is 1. The van der Waals surface area contributed by atoms with Crippen LogP contribution in [0.3, 0.4) is 0 Å². The lowest BCUT2D eigenvalue weighted by molar-refractivity contribution is 0.0778. The van der Waals surface area contributed by atoms with E-state index in [1.807, 2.05) is 11.8 Å². The molecule has 1 rings (SSSR count). The highest BCUT2D eigenvalue weighted by Gasteiger charge is 2.29. The lowest BCUT2D eigenvalue weighted by Gasteiger charge is -2.37.